The maximum atomic E-state index is 11.1. The molecule has 0 saturated carbocycles. The minimum atomic E-state index is -3.74. The number of imidazole rings is 1. The Labute approximate surface area is 93.1 Å². The van der Waals surface area contributed by atoms with Crippen LogP contribution in [-0.4, -0.2) is 17.8 Å². The second-order valence-corrected chi connectivity index (χ2v) is 6.04. The van der Waals surface area contributed by atoms with Gasteiger partial charge in [0.25, 0.3) is 9.05 Å². The summed E-state index contributed by atoms with van der Waals surface area (Å²) in [6, 6.07) is 3.41. The van der Waals surface area contributed by atoms with Gasteiger partial charge in [-0.25, -0.2) is 13.4 Å². The van der Waals surface area contributed by atoms with Crippen molar-refractivity contribution in [3.63, 3.8) is 0 Å². The number of nitrogens with zero attached hydrogens (tertiary/aromatic N) is 2. The molecule has 4 nitrogen and oxygen atoms in total. The first-order valence-electron chi connectivity index (χ1n) is 3.56. The molecule has 0 radical (unpaired) electrons. The molecule has 2 aromatic heterocycles. The number of fused-ring (bicyclic) bond motifs is 1. The van der Waals surface area contributed by atoms with Gasteiger partial charge in [0.05, 0.1) is 6.20 Å². The van der Waals surface area contributed by atoms with Gasteiger partial charge in [0.2, 0.25) is 0 Å². The molecule has 0 amide bonds. The van der Waals surface area contributed by atoms with Gasteiger partial charge in [-0.3, -0.25) is 4.40 Å². The molecule has 0 saturated heterocycles. The summed E-state index contributed by atoms with van der Waals surface area (Å²) in [4.78, 5) is 3.92. The number of halogens is 2. The monoisotopic (exact) mass is 294 g/mol. The lowest BCUT2D eigenvalue weighted by molar-refractivity contribution is 0.605. The molecule has 2 heterocycles. The summed E-state index contributed by atoms with van der Waals surface area (Å²) in [5.41, 5.74) is 0.526. The molecule has 0 N–H and O–H groups in total. The van der Waals surface area contributed by atoms with E-state index in [9.17, 15) is 8.42 Å². The smallest absolute Gasteiger partial charge is 0.278 e. The summed E-state index contributed by atoms with van der Waals surface area (Å²) in [6.45, 7) is 0. The van der Waals surface area contributed by atoms with E-state index in [-0.39, 0.29) is 5.03 Å². The summed E-state index contributed by atoms with van der Waals surface area (Å²) >= 11 is 3.26. The zero-order valence-electron chi connectivity index (χ0n) is 6.68. The van der Waals surface area contributed by atoms with E-state index < -0.39 is 9.05 Å². The van der Waals surface area contributed by atoms with Gasteiger partial charge in [-0.05, 0) is 12.1 Å². The molecule has 2 aromatic rings. The van der Waals surface area contributed by atoms with Crippen LogP contribution in [0.3, 0.4) is 0 Å². The van der Waals surface area contributed by atoms with E-state index in [1.165, 1.54) is 10.6 Å². The average Bonchev–Trinajstić information content (AvgIpc) is 2.45. The van der Waals surface area contributed by atoms with Gasteiger partial charge >= 0.3 is 0 Å². The first-order valence-corrected chi connectivity index (χ1v) is 6.66. The fourth-order valence-corrected chi connectivity index (χ4v) is 2.35. The van der Waals surface area contributed by atoms with Crippen molar-refractivity contribution >= 4 is 41.3 Å². The molecule has 0 aliphatic heterocycles. The van der Waals surface area contributed by atoms with Crippen molar-refractivity contribution in [2.45, 2.75) is 5.03 Å². The van der Waals surface area contributed by atoms with Crippen molar-refractivity contribution in [2.24, 2.45) is 0 Å². The highest BCUT2D eigenvalue weighted by molar-refractivity contribution is 9.10. The highest BCUT2D eigenvalue weighted by atomic mass is 79.9. The zero-order chi connectivity index (χ0) is 10.3. The van der Waals surface area contributed by atoms with Gasteiger partial charge in [-0.2, -0.15) is 0 Å². The Kier molecular flexibility index (Phi) is 2.29. The Morgan fingerprint density at radius 2 is 2.21 bits per heavy atom. The normalized spacial score (nSPS) is 12.1. The van der Waals surface area contributed by atoms with Crippen LogP contribution in [0.15, 0.2) is 34.0 Å². The minimum absolute atomic E-state index is 0.0262. The van der Waals surface area contributed by atoms with Crippen molar-refractivity contribution in [3.8, 4) is 0 Å². The van der Waals surface area contributed by atoms with Gasteiger partial charge in [0.15, 0.2) is 5.03 Å². The van der Waals surface area contributed by atoms with Crippen molar-refractivity contribution in [1.82, 2.24) is 9.38 Å². The number of aromatic nitrogens is 2. The first-order chi connectivity index (χ1) is 6.48. The molecule has 0 aliphatic rings. The molecule has 0 aliphatic carbocycles. The Hall–Kier alpha value is -0.590. The summed E-state index contributed by atoms with van der Waals surface area (Å²) in [5, 5.41) is -0.0262. The van der Waals surface area contributed by atoms with E-state index in [1.807, 2.05) is 0 Å². The van der Waals surface area contributed by atoms with Gasteiger partial charge in [0.1, 0.15) is 5.65 Å². The van der Waals surface area contributed by atoms with Crippen LogP contribution in [0.5, 0.6) is 0 Å². The van der Waals surface area contributed by atoms with E-state index >= 15 is 0 Å². The molecule has 0 atom stereocenters. The Morgan fingerprint density at radius 1 is 1.50 bits per heavy atom. The second kappa shape index (κ2) is 3.22. The molecular formula is C7H4BrClN2O2S. The van der Waals surface area contributed by atoms with Crippen molar-refractivity contribution in [3.05, 3.63) is 29.0 Å². The number of pyridine rings is 1. The Bertz CT molecular complexity index is 593. The van der Waals surface area contributed by atoms with Crippen molar-refractivity contribution in [2.75, 3.05) is 0 Å². The lowest BCUT2D eigenvalue weighted by atomic mass is 10.5. The van der Waals surface area contributed by atoms with Gasteiger partial charge in [0, 0.05) is 21.4 Å². The molecule has 0 aromatic carbocycles. The lowest BCUT2D eigenvalue weighted by Crippen LogP contribution is -1.96. The van der Waals surface area contributed by atoms with Gasteiger partial charge in [-0.1, -0.05) is 15.9 Å². The molecule has 7 heteroatoms. The fraction of sp³-hybridized carbons (Fsp3) is 0. The predicted octanol–water partition coefficient (Wildman–Crippen LogP) is 2.02. The molecule has 0 spiro atoms. The standard InChI is InChI=1S/C7H4BrClN2O2S/c8-5-1-2-11-6(3-5)10-4-7(11)14(9,12)13/h1-4H. The summed E-state index contributed by atoms with van der Waals surface area (Å²) < 4.78 is 24.4. The van der Waals surface area contributed by atoms with Gasteiger partial charge < -0.3 is 0 Å². The van der Waals surface area contributed by atoms with Crippen LogP contribution in [0, 0.1) is 0 Å². The summed E-state index contributed by atoms with van der Waals surface area (Å²) in [6.07, 6.45) is 2.81. The third-order valence-corrected chi connectivity index (χ3v) is 3.46. The third kappa shape index (κ3) is 1.65. The number of hydrogen-bond acceptors (Lipinski definition) is 3. The van der Waals surface area contributed by atoms with Crippen LogP contribution in [0.2, 0.25) is 0 Å². The van der Waals surface area contributed by atoms with E-state index in [2.05, 4.69) is 20.9 Å². The highest BCUT2D eigenvalue weighted by Crippen LogP contribution is 2.19. The third-order valence-electron chi connectivity index (χ3n) is 1.69. The first kappa shape index (κ1) is 9.95. The maximum absolute atomic E-state index is 11.1. The van der Waals surface area contributed by atoms with E-state index in [1.54, 1.807) is 18.3 Å². The van der Waals surface area contributed by atoms with Crippen LogP contribution < -0.4 is 0 Å². The van der Waals surface area contributed by atoms with Crippen molar-refractivity contribution < 1.29 is 8.42 Å². The quantitative estimate of drug-likeness (QED) is 0.756. The van der Waals surface area contributed by atoms with E-state index in [0.717, 1.165) is 4.47 Å². The Morgan fingerprint density at radius 3 is 2.86 bits per heavy atom. The molecule has 0 fully saturated rings. The lowest BCUT2D eigenvalue weighted by Gasteiger charge is -1.97. The topological polar surface area (TPSA) is 51.4 Å². The largest absolute Gasteiger partial charge is 0.289 e. The van der Waals surface area contributed by atoms with Crippen LogP contribution in [0.1, 0.15) is 0 Å². The molecule has 14 heavy (non-hydrogen) atoms. The number of rotatable bonds is 1. The predicted molar refractivity (Wildman–Crippen MR) is 55.9 cm³/mol. The van der Waals surface area contributed by atoms with Crippen LogP contribution in [0.25, 0.3) is 5.65 Å². The summed E-state index contributed by atoms with van der Waals surface area (Å²) in [7, 11) is 1.48. The number of hydrogen-bond donors (Lipinski definition) is 0. The molecule has 2 rings (SSSR count). The fourth-order valence-electron chi connectivity index (χ4n) is 1.11. The molecular weight excluding hydrogens is 292 g/mol. The second-order valence-electron chi connectivity index (χ2n) is 2.61. The Balaban J connectivity index is 2.83. The highest BCUT2D eigenvalue weighted by Gasteiger charge is 2.15. The van der Waals surface area contributed by atoms with Crippen LogP contribution in [-0.2, 0) is 9.05 Å². The average molecular weight is 296 g/mol. The van der Waals surface area contributed by atoms with Crippen LogP contribution >= 0.6 is 26.6 Å². The van der Waals surface area contributed by atoms with Crippen LogP contribution in [0.4, 0.5) is 0 Å². The minimum Gasteiger partial charge on any atom is -0.289 e. The summed E-state index contributed by atoms with van der Waals surface area (Å²) in [5.74, 6) is 0. The molecule has 0 bridgehead atoms. The molecule has 0 unspecified atom stereocenters. The zero-order valence-corrected chi connectivity index (χ0v) is 9.84. The van der Waals surface area contributed by atoms with E-state index in [0.29, 0.717) is 5.65 Å². The SMILES string of the molecule is O=S(=O)(Cl)c1cnc2cc(Br)ccn12. The maximum Gasteiger partial charge on any atom is 0.278 e. The van der Waals surface area contributed by atoms with Crippen molar-refractivity contribution in [1.29, 1.82) is 0 Å². The van der Waals surface area contributed by atoms with Gasteiger partial charge in [-0.15, -0.1) is 0 Å². The van der Waals surface area contributed by atoms with E-state index in [4.69, 9.17) is 10.7 Å². The molecule has 74 valence electrons.